The minimum Gasteiger partial charge on any atom is -0.397 e. The van der Waals surface area contributed by atoms with Crippen molar-refractivity contribution >= 4 is 33.0 Å². The molecule has 1 fully saturated rings. The van der Waals surface area contributed by atoms with Crippen LogP contribution >= 0.6 is 11.8 Å². The van der Waals surface area contributed by atoms with Crippen LogP contribution in [0.25, 0.3) is 0 Å². The molecule has 6 heteroatoms. The van der Waals surface area contributed by atoms with Gasteiger partial charge in [0.2, 0.25) is 0 Å². The van der Waals surface area contributed by atoms with Crippen LogP contribution in [0.5, 0.6) is 0 Å². The molecule has 0 atom stereocenters. The first-order valence-electron chi connectivity index (χ1n) is 6.38. The van der Waals surface area contributed by atoms with Crippen molar-refractivity contribution in [2.75, 3.05) is 35.4 Å². The zero-order chi connectivity index (χ0) is 13.9. The number of hydrogen-bond donors (Lipinski definition) is 2. The predicted molar refractivity (Wildman–Crippen MR) is 82.5 cm³/mol. The van der Waals surface area contributed by atoms with Crippen LogP contribution in [0.2, 0.25) is 0 Å². The lowest BCUT2D eigenvalue weighted by Gasteiger charge is -2.22. The van der Waals surface area contributed by atoms with E-state index in [4.69, 9.17) is 5.73 Å². The standard InChI is InChI=1S/C13H20N2O2S2/c1-19(16,17)11-2-3-13(12(14)8-11)15-9-10-4-6-18-7-5-10/h2-3,8,10,15H,4-7,9,14H2,1H3. The smallest absolute Gasteiger partial charge is 0.175 e. The van der Waals surface area contributed by atoms with E-state index in [0.717, 1.165) is 12.2 Å². The molecule has 1 saturated heterocycles. The van der Waals surface area contributed by atoms with E-state index < -0.39 is 9.84 Å². The number of benzene rings is 1. The molecule has 0 aromatic heterocycles. The highest BCUT2D eigenvalue weighted by molar-refractivity contribution is 7.99. The lowest BCUT2D eigenvalue weighted by Crippen LogP contribution is -2.19. The average molecular weight is 300 g/mol. The molecule has 0 saturated carbocycles. The summed E-state index contributed by atoms with van der Waals surface area (Å²) in [5, 5.41) is 3.33. The lowest BCUT2D eigenvalue weighted by atomic mass is 10.0. The van der Waals surface area contributed by atoms with E-state index in [1.807, 2.05) is 11.8 Å². The second kappa shape index (κ2) is 6.05. The molecule has 0 radical (unpaired) electrons. The first-order chi connectivity index (χ1) is 8.97. The Morgan fingerprint density at radius 2 is 2.05 bits per heavy atom. The van der Waals surface area contributed by atoms with Crippen LogP contribution in [-0.2, 0) is 9.84 Å². The van der Waals surface area contributed by atoms with Crippen LogP contribution in [0.1, 0.15) is 12.8 Å². The Kier molecular flexibility index (Phi) is 4.62. The van der Waals surface area contributed by atoms with Crippen molar-refractivity contribution in [2.45, 2.75) is 17.7 Å². The maximum Gasteiger partial charge on any atom is 0.175 e. The molecule has 1 aromatic carbocycles. The summed E-state index contributed by atoms with van der Waals surface area (Å²) < 4.78 is 22.8. The van der Waals surface area contributed by atoms with Gasteiger partial charge in [-0.25, -0.2) is 8.42 Å². The van der Waals surface area contributed by atoms with Gasteiger partial charge in [0, 0.05) is 12.8 Å². The quantitative estimate of drug-likeness (QED) is 0.834. The summed E-state index contributed by atoms with van der Waals surface area (Å²) in [6.07, 6.45) is 3.66. The third kappa shape index (κ3) is 4.04. The van der Waals surface area contributed by atoms with E-state index in [9.17, 15) is 8.42 Å². The number of hydrogen-bond acceptors (Lipinski definition) is 5. The highest BCUT2D eigenvalue weighted by Crippen LogP contribution is 2.26. The van der Waals surface area contributed by atoms with E-state index in [1.165, 1.54) is 36.7 Å². The summed E-state index contributed by atoms with van der Waals surface area (Å²) in [5.74, 6) is 3.15. The third-order valence-electron chi connectivity index (χ3n) is 3.37. The summed E-state index contributed by atoms with van der Waals surface area (Å²) in [7, 11) is -3.19. The van der Waals surface area contributed by atoms with Crippen molar-refractivity contribution in [1.82, 2.24) is 0 Å². The molecule has 0 aliphatic carbocycles. The molecule has 0 bridgehead atoms. The van der Waals surface area contributed by atoms with Gasteiger partial charge in [-0.05, 0) is 48.5 Å². The van der Waals surface area contributed by atoms with Gasteiger partial charge in [0.25, 0.3) is 0 Å². The van der Waals surface area contributed by atoms with Gasteiger partial charge in [0.05, 0.1) is 16.3 Å². The highest BCUT2D eigenvalue weighted by atomic mass is 32.2. The Morgan fingerprint density at radius 3 is 2.63 bits per heavy atom. The Balaban J connectivity index is 2.01. The molecular formula is C13H20N2O2S2. The van der Waals surface area contributed by atoms with Crippen LogP contribution < -0.4 is 11.1 Å². The summed E-state index contributed by atoms with van der Waals surface area (Å²) in [6, 6.07) is 4.88. The van der Waals surface area contributed by atoms with Crippen LogP contribution in [0.4, 0.5) is 11.4 Å². The Hall–Kier alpha value is -0.880. The van der Waals surface area contributed by atoms with Crippen molar-refractivity contribution in [3.8, 4) is 0 Å². The molecule has 0 spiro atoms. The maximum atomic E-state index is 11.4. The fourth-order valence-electron chi connectivity index (χ4n) is 2.14. The second-order valence-electron chi connectivity index (χ2n) is 4.96. The topological polar surface area (TPSA) is 72.2 Å². The van der Waals surface area contributed by atoms with Gasteiger partial charge >= 0.3 is 0 Å². The molecular weight excluding hydrogens is 280 g/mol. The normalized spacial score (nSPS) is 17.3. The zero-order valence-corrected chi connectivity index (χ0v) is 12.7. The molecule has 1 aliphatic rings. The summed E-state index contributed by atoms with van der Waals surface area (Å²) in [6.45, 7) is 0.906. The summed E-state index contributed by atoms with van der Waals surface area (Å²) in [5.41, 5.74) is 7.22. The van der Waals surface area contributed by atoms with Gasteiger partial charge < -0.3 is 11.1 Å². The fraction of sp³-hybridized carbons (Fsp3) is 0.538. The number of nitrogens with two attached hydrogens (primary N) is 1. The van der Waals surface area contributed by atoms with E-state index in [2.05, 4.69) is 5.32 Å². The van der Waals surface area contributed by atoms with E-state index in [0.29, 0.717) is 11.6 Å². The summed E-state index contributed by atoms with van der Waals surface area (Å²) in [4.78, 5) is 0.268. The molecule has 1 aromatic rings. The van der Waals surface area contributed by atoms with Crippen molar-refractivity contribution in [3.63, 3.8) is 0 Å². The monoisotopic (exact) mass is 300 g/mol. The SMILES string of the molecule is CS(=O)(=O)c1ccc(NCC2CCSCC2)c(N)c1. The lowest BCUT2D eigenvalue weighted by molar-refractivity contribution is 0.516. The zero-order valence-electron chi connectivity index (χ0n) is 11.1. The number of anilines is 2. The van der Waals surface area contributed by atoms with Crippen molar-refractivity contribution < 1.29 is 8.42 Å². The molecule has 2 rings (SSSR count). The molecule has 1 heterocycles. The van der Waals surface area contributed by atoms with E-state index >= 15 is 0 Å². The Labute approximate surface area is 119 Å². The second-order valence-corrected chi connectivity index (χ2v) is 8.20. The minimum absolute atomic E-state index is 0.268. The number of nitrogen functional groups attached to an aromatic ring is 1. The Bertz CT molecular complexity index is 538. The fourth-order valence-corrected chi connectivity index (χ4v) is 4.00. The molecule has 1 aliphatic heterocycles. The van der Waals surface area contributed by atoms with Crippen LogP contribution in [0.3, 0.4) is 0 Å². The van der Waals surface area contributed by atoms with Gasteiger partial charge in [-0.3, -0.25) is 0 Å². The summed E-state index contributed by atoms with van der Waals surface area (Å²) >= 11 is 2.01. The Morgan fingerprint density at radius 1 is 1.37 bits per heavy atom. The first kappa shape index (κ1) is 14.5. The molecule has 106 valence electrons. The van der Waals surface area contributed by atoms with Crippen molar-refractivity contribution in [1.29, 1.82) is 0 Å². The molecule has 0 unspecified atom stereocenters. The van der Waals surface area contributed by atoms with Gasteiger partial charge in [-0.1, -0.05) is 0 Å². The van der Waals surface area contributed by atoms with Gasteiger partial charge in [-0.2, -0.15) is 11.8 Å². The largest absolute Gasteiger partial charge is 0.397 e. The average Bonchev–Trinajstić information content (AvgIpc) is 2.37. The molecule has 0 amide bonds. The van der Waals surface area contributed by atoms with Gasteiger partial charge in [-0.15, -0.1) is 0 Å². The van der Waals surface area contributed by atoms with Gasteiger partial charge in [0.15, 0.2) is 9.84 Å². The highest BCUT2D eigenvalue weighted by Gasteiger charge is 2.14. The number of nitrogens with one attached hydrogen (secondary N) is 1. The van der Waals surface area contributed by atoms with Crippen molar-refractivity contribution in [3.05, 3.63) is 18.2 Å². The number of thioether (sulfide) groups is 1. The van der Waals surface area contributed by atoms with Crippen LogP contribution in [-0.4, -0.2) is 32.7 Å². The van der Waals surface area contributed by atoms with Gasteiger partial charge in [0.1, 0.15) is 0 Å². The third-order valence-corrected chi connectivity index (χ3v) is 5.53. The minimum atomic E-state index is -3.19. The predicted octanol–water partition coefficient (Wildman–Crippen LogP) is 2.23. The maximum absolute atomic E-state index is 11.4. The van der Waals surface area contributed by atoms with Crippen LogP contribution in [0.15, 0.2) is 23.1 Å². The number of rotatable bonds is 4. The van der Waals surface area contributed by atoms with Crippen molar-refractivity contribution in [2.24, 2.45) is 5.92 Å². The number of sulfone groups is 1. The van der Waals surface area contributed by atoms with E-state index in [1.54, 1.807) is 12.1 Å². The molecule has 3 N–H and O–H groups in total. The molecule has 19 heavy (non-hydrogen) atoms. The van der Waals surface area contributed by atoms with Crippen LogP contribution in [0, 0.1) is 5.92 Å². The molecule has 4 nitrogen and oxygen atoms in total. The van der Waals surface area contributed by atoms with E-state index in [-0.39, 0.29) is 4.90 Å². The first-order valence-corrected chi connectivity index (χ1v) is 9.42.